The number of hydrogen-bond donors (Lipinski definition) is 0. The Morgan fingerprint density at radius 3 is 2.50 bits per heavy atom. The van der Waals surface area contributed by atoms with Gasteiger partial charge in [0.2, 0.25) is 5.91 Å². The summed E-state index contributed by atoms with van der Waals surface area (Å²) in [6.45, 7) is 3.93. The second-order valence-corrected chi connectivity index (χ2v) is 9.05. The molecule has 32 heavy (non-hydrogen) atoms. The molecule has 3 aromatic carbocycles. The third kappa shape index (κ3) is 4.56. The van der Waals surface area contributed by atoms with Crippen molar-refractivity contribution in [1.29, 1.82) is 0 Å². The molecular weight excluding hydrogens is 421 g/mol. The van der Waals surface area contributed by atoms with Crippen LogP contribution in [0.15, 0.2) is 72.1 Å². The van der Waals surface area contributed by atoms with E-state index in [1.54, 1.807) is 23.5 Å². The van der Waals surface area contributed by atoms with Crippen LogP contribution in [0.4, 0.5) is 4.39 Å². The fraction of sp³-hybridized carbons (Fsp3) is 0.231. The van der Waals surface area contributed by atoms with E-state index in [0.717, 1.165) is 59.9 Å². The molecule has 4 nitrogen and oxygen atoms in total. The van der Waals surface area contributed by atoms with Crippen LogP contribution >= 0.6 is 11.3 Å². The van der Waals surface area contributed by atoms with E-state index in [1.807, 2.05) is 28.5 Å². The smallest absolute Gasteiger partial charge is 0.227 e. The van der Waals surface area contributed by atoms with Crippen molar-refractivity contribution in [3.8, 4) is 11.3 Å². The van der Waals surface area contributed by atoms with Crippen molar-refractivity contribution in [3.05, 3.63) is 88.5 Å². The summed E-state index contributed by atoms with van der Waals surface area (Å²) in [5, 5.41) is 5.39. The molecule has 1 fully saturated rings. The Hall–Kier alpha value is -3.09. The number of benzene rings is 3. The Labute approximate surface area is 190 Å². The zero-order chi connectivity index (χ0) is 21.9. The third-order valence-electron chi connectivity index (χ3n) is 6.00. The summed E-state index contributed by atoms with van der Waals surface area (Å²) < 4.78 is 13.1. The second-order valence-electron chi connectivity index (χ2n) is 8.11. The molecule has 1 saturated heterocycles. The normalized spacial score (nSPS) is 14.7. The molecule has 0 spiro atoms. The summed E-state index contributed by atoms with van der Waals surface area (Å²) in [6.07, 6.45) is 0.439. The van der Waals surface area contributed by atoms with Gasteiger partial charge in [-0.05, 0) is 40.6 Å². The number of amides is 1. The van der Waals surface area contributed by atoms with E-state index >= 15 is 0 Å². The van der Waals surface area contributed by atoms with Crippen molar-refractivity contribution >= 4 is 28.0 Å². The van der Waals surface area contributed by atoms with Crippen LogP contribution in [0.5, 0.6) is 0 Å². The Kier molecular flexibility index (Phi) is 5.97. The molecule has 2 heterocycles. The van der Waals surface area contributed by atoms with Gasteiger partial charge in [0.05, 0.1) is 18.7 Å². The predicted octanol–water partition coefficient (Wildman–Crippen LogP) is 4.99. The van der Waals surface area contributed by atoms with Gasteiger partial charge < -0.3 is 4.90 Å². The summed E-state index contributed by atoms with van der Waals surface area (Å²) in [7, 11) is 0. The highest BCUT2D eigenvalue weighted by atomic mass is 32.1. The van der Waals surface area contributed by atoms with E-state index in [4.69, 9.17) is 4.98 Å². The van der Waals surface area contributed by atoms with Gasteiger partial charge in [-0.3, -0.25) is 9.69 Å². The quantitative estimate of drug-likeness (QED) is 0.434. The van der Waals surface area contributed by atoms with Gasteiger partial charge in [-0.25, -0.2) is 9.37 Å². The summed E-state index contributed by atoms with van der Waals surface area (Å²) in [5.41, 5.74) is 2.90. The number of fused-ring (bicyclic) bond motifs is 1. The van der Waals surface area contributed by atoms with E-state index in [9.17, 15) is 9.18 Å². The van der Waals surface area contributed by atoms with Crippen molar-refractivity contribution in [2.45, 2.75) is 13.0 Å². The first-order valence-electron chi connectivity index (χ1n) is 10.8. The topological polar surface area (TPSA) is 36.4 Å². The van der Waals surface area contributed by atoms with Gasteiger partial charge in [-0.15, -0.1) is 11.3 Å². The Bertz CT molecular complexity index is 1220. The first-order valence-corrected chi connectivity index (χ1v) is 11.7. The highest BCUT2D eigenvalue weighted by molar-refractivity contribution is 7.09. The minimum absolute atomic E-state index is 0.189. The lowest BCUT2D eigenvalue weighted by atomic mass is 10.0. The summed E-state index contributed by atoms with van der Waals surface area (Å²) >= 11 is 1.63. The van der Waals surface area contributed by atoms with Gasteiger partial charge in [0, 0.05) is 37.1 Å². The van der Waals surface area contributed by atoms with E-state index in [-0.39, 0.29) is 11.7 Å². The molecule has 0 aliphatic carbocycles. The molecule has 6 heteroatoms. The molecule has 1 aliphatic rings. The lowest BCUT2D eigenvalue weighted by molar-refractivity contribution is -0.132. The van der Waals surface area contributed by atoms with E-state index in [0.29, 0.717) is 6.42 Å². The maximum absolute atomic E-state index is 13.1. The average Bonchev–Trinajstić information content (AvgIpc) is 3.29. The maximum Gasteiger partial charge on any atom is 0.227 e. The fourth-order valence-corrected chi connectivity index (χ4v) is 5.05. The number of piperazine rings is 1. The van der Waals surface area contributed by atoms with Gasteiger partial charge in [0.25, 0.3) is 0 Å². The van der Waals surface area contributed by atoms with Crippen molar-refractivity contribution in [2.24, 2.45) is 0 Å². The maximum atomic E-state index is 13.1. The minimum atomic E-state index is -0.239. The average molecular weight is 446 g/mol. The van der Waals surface area contributed by atoms with E-state index < -0.39 is 0 Å². The number of carbonyl (C=O) groups is 1. The predicted molar refractivity (Wildman–Crippen MR) is 127 cm³/mol. The number of carbonyl (C=O) groups excluding carboxylic acids is 1. The first kappa shape index (κ1) is 20.8. The van der Waals surface area contributed by atoms with Gasteiger partial charge >= 0.3 is 0 Å². The van der Waals surface area contributed by atoms with Crippen molar-refractivity contribution in [3.63, 3.8) is 0 Å². The Balaban J connectivity index is 1.17. The fourth-order valence-electron chi connectivity index (χ4n) is 4.20. The molecule has 5 rings (SSSR count). The third-order valence-corrected chi connectivity index (χ3v) is 6.83. The van der Waals surface area contributed by atoms with E-state index in [1.165, 1.54) is 17.5 Å². The van der Waals surface area contributed by atoms with Crippen molar-refractivity contribution < 1.29 is 9.18 Å². The van der Waals surface area contributed by atoms with Crippen LogP contribution in [0.1, 0.15) is 10.6 Å². The van der Waals surface area contributed by atoms with Gasteiger partial charge in [0.1, 0.15) is 10.8 Å². The molecule has 0 unspecified atom stereocenters. The SMILES string of the molecule is O=C(Cc1cccc2ccccc12)N1CCN(Cc2nc(-c3ccc(F)cc3)cs2)CC1. The second kappa shape index (κ2) is 9.18. The monoisotopic (exact) mass is 445 g/mol. The molecule has 162 valence electrons. The first-order chi connectivity index (χ1) is 15.7. The number of rotatable bonds is 5. The molecule has 4 aromatic rings. The molecule has 1 aliphatic heterocycles. The minimum Gasteiger partial charge on any atom is -0.340 e. The lowest BCUT2D eigenvalue weighted by Crippen LogP contribution is -2.48. The Morgan fingerprint density at radius 2 is 1.69 bits per heavy atom. The number of hydrogen-bond acceptors (Lipinski definition) is 4. The largest absolute Gasteiger partial charge is 0.340 e. The molecule has 0 N–H and O–H groups in total. The van der Waals surface area contributed by atoms with Crippen LogP contribution in [0, 0.1) is 5.82 Å². The van der Waals surface area contributed by atoms with Crippen LogP contribution in [-0.2, 0) is 17.8 Å². The van der Waals surface area contributed by atoms with Crippen LogP contribution in [0.3, 0.4) is 0 Å². The van der Waals surface area contributed by atoms with Gasteiger partial charge in [0.15, 0.2) is 0 Å². The summed E-state index contributed by atoms with van der Waals surface area (Å²) in [6, 6.07) is 20.8. The Morgan fingerprint density at radius 1 is 0.938 bits per heavy atom. The summed E-state index contributed by atoms with van der Waals surface area (Å²) in [5.74, 6) is -0.0501. The standard InChI is InChI=1S/C26H24FN3OS/c27-22-10-8-20(9-11-22)24-18-32-25(28-24)17-29-12-14-30(15-13-29)26(31)16-21-6-3-5-19-4-1-2-7-23(19)21/h1-11,18H,12-17H2. The zero-order valence-corrected chi connectivity index (χ0v) is 18.5. The molecule has 1 amide bonds. The highest BCUT2D eigenvalue weighted by Crippen LogP contribution is 2.24. The number of thiazole rings is 1. The van der Waals surface area contributed by atoms with Crippen LogP contribution < -0.4 is 0 Å². The molecule has 0 saturated carbocycles. The number of halogens is 1. The molecule has 0 radical (unpaired) electrons. The van der Waals surface area contributed by atoms with E-state index in [2.05, 4.69) is 29.2 Å². The molecular formula is C26H24FN3OS. The number of aromatic nitrogens is 1. The molecule has 0 atom stereocenters. The van der Waals surface area contributed by atoms with Crippen LogP contribution in [-0.4, -0.2) is 46.9 Å². The number of nitrogens with zero attached hydrogens (tertiary/aromatic N) is 3. The molecule has 1 aromatic heterocycles. The lowest BCUT2D eigenvalue weighted by Gasteiger charge is -2.34. The van der Waals surface area contributed by atoms with Crippen molar-refractivity contribution in [1.82, 2.24) is 14.8 Å². The zero-order valence-electron chi connectivity index (χ0n) is 17.7. The van der Waals surface area contributed by atoms with Crippen LogP contribution in [0.25, 0.3) is 22.0 Å². The summed E-state index contributed by atoms with van der Waals surface area (Å²) in [4.78, 5) is 22.0. The van der Waals surface area contributed by atoms with Crippen LogP contribution in [0.2, 0.25) is 0 Å². The van der Waals surface area contributed by atoms with Gasteiger partial charge in [-0.1, -0.05) is 42.5 Å². The van der Waals surface area contributed by atoms with Gasteiger partial charge in [-0.2, -0.15) is 0 Å². The van der Waals surface area contributed by atoms with Crippen molar-refractivity contribution in [2.75, 3.05) is 26.2 Å². The highest BCUT2D eigenvalue weighted by Gasteiger charge is 2.22. The molecule has 0 bridgehead atoms.